The SMILES string of the molecule is C=CC(=O)OS(=O)(=O)CCN(C)C. The van der Waals surface area contributed by atoms with Crippen molar-refractivity contribution in [2.75, 3.05) is 26.4 Å². The minimum Gasteiger partial charge on any atom is -0.342 e. The molecule has 0 aliphatic rings. The van der Waals surface area contributed by atoms with Gasteiger partial charge in [-0.3, -0.25) is 0 Å². The first-order chi connectivity index (χ1) is 5.87. The maximum atomic E-state index is 11.0. The van der Waals surface area contributed by atoms with Gasteiger partial charge in [0.2, 0.25) is 0 Å². The highest BCUT2D eigenvalue weighted by Gasteiger charge is 2.14. The first-order valence-electron chi connectivity index (χ1n) is 3.60. The fourth-order valence-corrected chi connectivity index (χ4v) is 1.49. The summed E-state index contributed by atoms with van der Waals surface area (Å²) in [5, 5.41) is 0. The summed E-state index contributed by atoms with van der Waals surface area (Å²) in [4.78, 5) is 12.2. The van der Waals surface area contributed by atoms with E-state index >= 15 is 0 Å². The van der Waals surface area contributed by atoms with Crippen LogP contribution in [0.5, 0.6) is 0 Å². The number of hydrogen-bond acceptors (Lipinski definition) is 5. The molecule has 0 saturated carbocycles. The lowest BCUT2D eigenvalue weighted by Crippen LogP contribution is -2.24. The molecular formula is C7H13NO4S. The Balaban J connectivity index is 4.10. The number of rotatable bonds is 5. The summed E-state index contributed by atoms with van der Waals surface area (Å²) < 4.78 is 26.1. The quantitative estimate of drug-likeness (QED) is 0.453. The molecule has 0 aromatic carbocycles. The van der Waals surface area contributed by atoms with Crippen LogP contribution in [0.1, 0.15) is 0 Å². The molecule has 0 heterocycles. The monoisotopic (exact) mass is 207 g/mol. The van der Waals surface area contributed by atoms with Crippen molar-refractivity contribution in [3.8, 4) is 0 Å². The Bertz CT molecular complexity index is 281. The van der Waals surface area contributed by atoms with E-state index in [-0.39, 0.29) is 5.75 Å². The maximum Gasteiger partial charge on any atom is 0.345 e. The van der Waals surface area contributed by atoms with Crippen LogP contribution in [-0.4, -0.2) is 45.7 Å². The van der Waals surface area contributed by atoms with Gasteiger partial charge in [0.1, 0.15) is 0 Å². The normalized spacial score (nSPS) is 11.3. The van der Waals surface area contributed by atoms with Crippen molar-refractivity contribution in [1.82, 2.24) is 4.90 Å². The topological polar surface area (TPSA) is 63.7 Å². The van der Waals surface area contributed by atoms with Crippen LogP contribution in [0.4, 0.5) is 0 Å². The van der Waals surface area contributed by atoms with Crippen LogP contribution in [0.25, 0.3) is 0 Å². The van der Waals surface area contributed by atoms with E-state index in [2.05, 4.69) is 10.8 Å². The summed E-state index contributed by atoms with van der Waals surface area (Å²) in [6.45, 7) is 3.40. The van der Waals surface area contributed by atoms with E-state index in [1.807, 2.05) is 0 Å². The molecule has 0 bridgehead atoms. The molecule has 5 nitrogen and oxygen atoms in total. The molecule has 0 aliphatic carbocycles. The largest absolute Gasteiger partial charge is 0.345 e. The predicted octanol–water partition coefficient (Wildman–Crippen LogP) is -0.393. The molecule has 0 fully saturated rings. The van der Waals surface area contributed by atoms with Crippen LogP contribution in [0, 0.1) is 0 Å². The highest BCUT2D eigenvalue weighted by molar-refractivity contribution is 7.87. The zero-order chi connectivity index (χ0) is 10.5. The molecule has 0 aliphatic heterocycles. The van der Waals surface area contributed by atoms with Gasteiger partial charge in [0.05, 0.1) is 5.75 Å². The van der Waals surface area contributed by atoms with Crippen molar-refractivity contribution in [2.24, 2.45) is 0 Å². The smallest absolute Gasteiger partial charge is 0.342 e. The first kappa shape index (κ1) is 12.1. The van der Waals surface area contributed by atoms with Crippen LogP contribution in [0.2, 0.25) is 0 Å². The Morgan fingerprint density at radius 1 is 1.54 bits per heavy atom. The summed E-state index contributed by atoms with van der Waals surface area (Å²) >= 11 is 0. The molecule has 0 N–H and O–H groups in total. The van der Waals surface area contributed by atoms with Gasteiger partial charge in [-0.2, -0.15) is 8.42 Å². The highest BCUT2D eigenvalue weighted by atomic mass is 32.2. The summed E-state index contributed by atoms with van der Waals surface area (Å²) in [6, 6.07) is 0. The third-order valence-electron chi connectivity index (χ3n) is 1.16. The van der Waals surface area contributed by atoms with E-state index < -0.39 is 16.1 Å². The molecule has 6 heteroatoms. The van der Waals surface area contributed by atoms with E-state index in [9.17, 15) is 13.2 Å². The number of carbonyl (C=O) groups excluding carboxylic acids is 1. The van der Waals surface area contributed by atoms with Crippen molar-refractivity contribution in [3.05, 3.63) is 12.7 Å². The molecule has 0 saturated heterocycles. The van der Waals surface area contributed by atoms with Gasteiger partial charge in [-0.15, -0.1) is 0 Å². The lowest BCUT2D eigenvalue weighted by Gasteiger charge is -2.08. The molecule has 76 valence electrons. The summed E-state index contributed by atoms with van der Waals surface area (Å²) in [7, 11) is -0.296. The summed E-state index contributed by atoms with van der Waals surface area (Å²) in [5.74, 6) is -1.15. The van der Waals surface area contributed by atoms with Crippen molar-refractivity contribution >= 4 is 16.1 Å². The summed E-state index contributed by atoms with van der Waals surface area (Å²) in [5.41, 5.74) is 0. The van der Waals surface area contributed by atoms with Crippen molar-refractivity contribution < 1.29 is 17.4 Å². The Kier molecular flexibility index (Phi) is 4.64. The lowest BCUT2D eigenvalue weighted by molar-refractivity contribution is -0.128. The average Bonchev–Trinajstić information content (AvgIpc) is 2.00. The van der Waals surface area contributed by atoms with Gasteiger partial charge >= 0.3 is 16.1 Å². The maximum absolute atomic E-state index is 11.0. The molecule has 0 aromatic heterocycles. The van der Waals surface area contributed by atoms with Gasteiger partial charge in [-0.05, 0) is 14.1 Å². The minimum absolute atomic E-state index is 0.209. The molecule has 0 rings (SSSR count). The van der Waals surface area contributed by atoms with Crippen LogP contribution in [0.15, 0.2) is 12.7 Å². The molecule has 0 spiro atoms. The van der Waals surface area contributed by atoms with Gasteiger partial charge in [-0.25, -0.2) is 4.79 Å². The van der Waals surface area contributed by atoms with Gasteiger partial charge in [-0.1, -0.05) is 6.58 Å². The van der Waals surface area contributed by atoms with E-state index in [4.69, 9.17) is 0 Å². The second kappa shape index (κ2) is 4.98. The zero-order valence-electron chi connectivity index (χ0n) is 7.69. The molecule has 0 amide bonds. The Labute approximate surface area is 78.1 Å². The number of nitrogens with zero attached hydrogens (tertiary/aromatic N) is 1. The van der Waals surface area contributed by atoms with Gasteiger partial charge in [0.25, 0.3) is 0 Å². The fraction of sp³-hybridized carbons (Fsp3) is 0.571. The number of carbonyl (C=O) groups is 1. The fourth-order valence-electron chi connectivity index (χ4n) is 0.495. The van der Waals surface area contributed by atoms with Crippen molar-refractivity contribution in [1.29, 1.82) is 0 Å². The predicted molar refractivity (Wildman–Crippen MR) is 48.6 cm³/mol. The molecule has 0 unspecified atom stereocenters. The zero-order valence-corrected chi connectivity index (χ0v) is 8.50. The van der Waals surface area contributed by atoms with Gasteiger partial charge < -0.3 is 9.08 Å². The second-order valence-electron chi connectivity index (χ2n) is 2.67. The lowest BCUT2D eigenvalue weighted by atomic mass is 10.7. The third-order valence-corrected chi connectivity index (χ3v) is 2.27. The van der Waals surface area contributed by atoms with E-state index in [1.54, 1.807) is 19.0 Å². The summed E-state index contributed by atoms with van der Waals surface area (Å²) in [6.07, 6.45) is 0.813. The van der Waals surface area contributed by atoms with Crippen LogP contribution < -0.4 is 0 Å². The molecule has 13 heavy (non-hydrogen) atoms. The Morgan fingerprint density at radius 3 is 2.46 bits per heavy atom. The highest BCUT2D eigenvalue weighted by Crippen LogP contribution is 1.95. The van der Waals surface area contributed by atoms with Gasteiger partial charge in [0.15, 0.2) is 0 Å². The van der Waals surface area contributed by atoms with Crippen LogP contribution >= 0.6 is 0 Å². The number of hydrogen-bond donors (Lipinski definition) is 0. The van der Waals surface area contributed by atoms with Gasteiger partial charge in [0, 0.05) is 12.6 Å². The minimum atomic E-state index is -3.75. The average molecular weight is 207 g/mol. The first-order valence-corrected chi connectivity index (χ1v) is 5.18. The molecule has 0 aromatic rings. The Hall–Kier alpha value is -0.880. The van der Waals surface area contributed by atoms with Crippen molar-refractivity contribution in [2.45, 2.75) is 0 Å². The third kappa shape index (κ3) is 6.30. The van der Waals surface area contributed by atoms with Crippen LogP contribution in [0.3, 0.4) is 0 Å². The van der Waals surface area contributed by atoms with E-state index in [0.717, 1.165) is 6.08 Å². The van der Waals surface area contributed by atoms with Crippen LogP contribution in [-0.2, 0) is 19.1 Å². The van der Waals surface area contributed by atoms with E-state index in [0.29, 0.717) is 6.54 Å². The van der Waals surface area contributed by atoms with E-state index in [1.165, 1.54) is 0 Å². The standard InChI is InChI=1S/C7H13NO4S/c1-4-7(9)12-13(10,11)6-5-8(2)3/h4H,1,5-6H2,2-3H3. The Morgan fingerprint density at radius 2 is 2.08 bits per heavy atom. The van der Waals surface area contributed by atoms with Crippen molar-refractivity contribution in [3.63, 3.8) is 0 Å². The molecule has 0 atom stereocenters. The molecular weight excluding hydrogens is 194 g/mol. The molecule has 0 radical (unpaired) electrons. The second-order valence-corrected chi connectivity index (χ2v) is 4.36.